The molecular weight excluding hydrogens is 622 g/mol. The zero-order chi connectivity index (χ0) is 38.1. The van der Waals surface area contributed by atoms with Crippen LogP contribution in [0.4, 0.5) is 0 Å². The first kappa shape index (κ1) is 45.7. The van der Waals surface area contributed by atoms with Crippen molar-refractivity contribution in [2.75, 3.05) is 60.5 Å². The van der Waals surface area contributed by atoms with Crippen LogP contribution in [0.25, 0.3) is 0 Å². The van der Waals surface area contributed by atoms with Gasteiger partial charge in [0.05, 0.1) is 19.7 Å². The zero-order valence-corrected chi connectivity index (χ0v) is 32.9. The van der Waals surface area contributed by atoms with E-state index < -0.39 is 0 Å². The lowest BCUT2D eigenvalue weighted by molar-refractivity contribution is -0.131. The third kappa shape index (κ3) is 16.4. The normalized spacial score (nSPS) is 14.9. The van der Waals surface area contributed by atoms with Crippen molar-refractivity contribution in [2.45, 2.75) is 68.4 Å². The molecule has 0 spiro atoms. The van der Waals surface area contributed by atoms with E-state index in [1.165, 1.54) is 5.57 Å². The Morgan fingerprint density at radius 1 is 0.980 bits per heavy atom. The van der Waals surface area contributed by atoms with Gasteiger partial charge in [-0.3, -0.25) is 19.5 Å². The van der Waals surface area contributed by atoms with Gasteiger partial charge in [-0.2, -0.15) is 0 Å². The summed E-state index contributed by atoms with van der Waals surface area (Å²) in [6.07, 6.45) is 18.6. The van der Waals surface area contributed by atoms with Gasteiger partial charge in [-0.1, -0.05) is 75.1 Å². The Morgan fingerprint density at radius 3 is 2.10 bits per heavy atom. The van der Waals surface area contributed by atoms with Gasteiger partial charge >= 0.3 is 0 Å². The van der Waals surface area contributed by atoms with Crippen LogP contribution in [0.5, 0.6) is 0 Å². The number of carbonyl (C=O) groups is 2. The van der Waals surface area contributed by atoms with E-state index in [-0.39, 0.29) is 18.4 Å². The van der Waals surface area contributed by atoms with E-state index in [1.807, 2.05) is 146 Å². The van der Waals surface area contributed by atoms with E-state index in [0.29, 0.717) is 44.7 Å². The van der Waals surface area contributed by atoms with Crippen molar-refractivity contribution in [1.29, 1.82) is 0 Å². The van der Waals surface area contributed by atoms with Crippen molar-refractivity contribution in [3.05, 3.63) is 119 Å². The van der Waals surface area contributed by atoms with Crippen LogP contribution in [0.15, 0.2) is 113 Å². The number of aliphatic imine (C=N–C) groups is 1. The highest BCUT2D eigenvalue weighted by molar-refractivity contribution is 6.01. The second-order valence-corrected chi connectivity index (χ2v) is 11.7. The maximum atomic E-state index is 13.3. The minimum Gasteiger partial charge on any atom is -0.392 e. The van der Waals surface area contributed by atoms with Crippen LogP contribution < -0.4 is 0 Å². The Hall–Kier alpha value is -4.27. The monoisotopic (exact) mass is 688 g/mol. The molecule has 2 bridgehead atoms. The van der Waals surface area contributed by atoms with Gasteiger partial charge in [-0.15, -0.1) is 0 Å². The summed E-state index contributed by atoms with van der Waals surface area (Å²) in [5, 5.41) is 8.32. The van der Waals surface area contributed by atoms with Gasteiger partial charge in [0.15, 0.2) is 0 Å². The lowest BCUT2D eigenvalue weighted by Gasteiger charge is -2.32. The summed E-state index contributed by atoms with van der Waals surface area (Å²) in [4.78, 5) is 38.7. The Balaban J connectivity index is 0.00000158. The molecule has 1 aliphatic carbocycles. The molecule has 0 radical (unpaired) electrons. The summed E-state index contributed by atoms with van der Waals surface area (Å²) in [6, 6.07) is 7.65. The largest absolute Gasteiger partial charge is 0.392 e. The number of aliphatic hydroxyl groups is 1. The molecule has 0 unspecified atom stereocenters. The molecule has 1 aromatic rings. The van der Waals surface area contributed by atoms with Crippen LogP contribution in [-0.4, -0.2) is 103 Å². The van der Waals surface area contributed by atoms with Crippen LogP contribution in [0, 0.1) is 0 Å². The first-order chi connectivity index (χ1) is 24.0. The minimum atomic E-state index is 0.0143. The summed E-state index contributed by atoms with van der Waals surface area (Å²) in [6.45, 7) is 23.0. The molecule has 1 saturated heterocycles. The molecule has 8 heteroatoms. The number of aliphatic hydroxyl groups excluding tert-OH is 1. The number of likely N-dealkylation sites (N-methyl/N-ethyl adjacent to an activating group) is 3. The predicted molar refractivity (Wildman–Crippen MR) is 214 cm³/mol. The second kappa shape index (κ2) is 26.6. The maximum absolute atomic E-state index is 13.3. The van der Waals surface area contributed by atoms with Crippen molar-refractivity contribution in [3.8, 4) is 0 Å². The highest BCUT2D eigenvalue weighted by atomic mass is 16.3. The second-order valence-electron chi connectivity index (χ2n) is 11.7. The Kier molecular flexibility index (Phi) is 24.3. The Morgan fingerprint density at radius 2 is 1.62 bits per heavy atom. The molecule has 1 N–H and O–H groups in total. The molecule has 276 valence electrons. The maximum Gasteiger partial charge on any atom is 0.254 e. The molecule has 2 aliphatic rings. The number of amidine groups is 1. The number of rotatable bonds is 10. The quantitative estimate of drug-likeness (QED) is 0.117. The molecule has 1 fully saturated rings. The first-order valence-corrected chi connectivity index (χ1v) is 17.8. The summed E-state index contributed by atoms with van der Waals surface area (Å²) < 4.78 is 0. The number of hydrogen-bond acceptors (Lipinski definition) is 5. The lowest BCUT2D eigenvalue weighted by Crippen LogP contribution is -2.41. The van der Waals surface area contributed by atoms with Crippen LogP contribution in [0.1, 0.15) is 77.7 Å². The highest BCUT2D eigenvalue weighted by Gasteiger charge is 2.26. The van der Waals surface area contributed by atoms with Gasteiger partial charge in [0, 0.05) is 63.5 Å². The summed E-state index contributed by atoms with van der Waals surface area (Å²) in [7, 11) is 6.00. The molecule has 0 atom stereocenters. The first-order valence-electron chi connectivity index (χ1n) is 17.8. The summed E-state index contributed by atoms with van der Waals surface area (Å²) in [5.41, 5.74) is 5.70. The molecule has 1 heterocycles. The van der Waals surface area contributed by atoms with E-state index in [0.717, 1.165) is 34.8 Å². The molecule has 1 aliphatic heterocycles. The molecule has 50 heavy (non-hydrogen) atoms. The Bertz CT molecular complexity index is 1390. The molecule has 8 nitrogen and oxygen atoms in total. The number of hydrogen-bond donors (Lipinski definition) is 1. The fraction of sp³-hybridized carbons (Fsp3) is 0.452. The third-order valence-electron chi connectivity index (χ3n) is 7.45. The van der Waals surface area contributed by atoms with Gasteiger partial charge < -0.3 is 19.8 Å². The number of amides is 2. The predicted octanol–water partition coefficient (Wildman–Crippen LogP) is 7.84. The molecule has 0 aromatic heterocycles. The van der Waals surface area contributed by atoms with E-state index in [9.17, 15) is 9.59 Å². The number of nitrogens with zero attached hydrogens (tertiary/aromatic N) is 5. The van der Waals surface area contributed by atoms with Gasteiger partial charge in [0.1, 0.15) is 5.84 Å². The van der Waals surface area contributed by atoms with Crippen LogP contribution in [0.3, 0.4) is 0 Å². The van der Waals surface area contributed by atoms with Crippen molar-refractivity contribution < 1.29 is 14.7 Å². The number of benzene rings is 1. The standard InChI is InChI=1S/C30H41N5O2.C6H10O.C4H8.C2H6/c1-7-10-17-34(9-3)30(37)25-13-11-23(12-14-25)21-35-27-16-15-26(29(31-8-2)32(4)5)18-24(19-27)20-33(6)22-28(35)36;1-3-4-6(2)5-7;1-3-4-2;1-2/h7,10-16,18H,8-9,17,19-22H2,1-6H3;3-4,7H,2,5H2,1H3;3-4H,1-2H3;1-2H3/b10-7-,31-29?;4-3-;4-3+;. The highest BCUT2D eigenvalue weighted by Crippen LogP contribution is 2.27. The minimum absolute atomic E-state index is 0.0143. The SMILES string of the molecule is C/C=C/C.C/C=C\CN(CC)C(=O)c1ccc(CN2C(=O)CN(C)CC3=CC(C(=NCC)N(C)C)=CC=C2C3)cc1.C=C(/C=C\C)CO.CC. The van der Waals surface area contributed by atoms with Gasteiger partial charge in [0.25, 0.3) is 5.91 Å². The van der Waals surface area contributed by atoms with E-state index in [2.05, 4.69) is 29.7 Å². The zero-order valence-electron chi connectivity index (χ0n) is 32.9. The van der Waals surface area contributed by atoms with Gasteiger partial charge in [-0.25, -0.2) is 0 Å². The van der Waals surface area contributed by atoms with Crippen molar-refractivity contribution >= 4 is 17.6 Å². The van der Waals surface area contributed by atoms with Crippen molar-refractivity contribution in [1.82, 2.24) is 19.6 Å². The summed E-state index contributed by atoms with van der Waals surface area (Å²) >= 11 is 0. The topological polar surface area (TPSA) is 79.7 Å². The van der Waals surface area contributed by atoms with Gasteiger partial charge in [0.2, 0.25) is 5.91 Å². The van der Waals surface area contributed by atoms with Crippen LogP contribution in [0.2, 0.25) is 0 Å². The summed E-state index contributed by atoms with van der Waals surface area (Å²) in [5.74, 6) is 1.02. The molecule has 3 rings (SSSR count). The number of allylic oxidation sites excluding steroid dienone is 7. The fourth-order valence-corrected chi connectivity index (χ4v) is 4.93. The number of fused-ring (bicyclic) bond motifs is 2. The molecule has 2 amide bonds. The lowest BCUT2D eigenvalue weighted by atomic mass is 10.0. The molecule has 0 saturated carbocycles. The number of carbonyl (C=O) groups excluding carboxylic acids is 2. The van der Waals surface area contributed by atoms with Crippen LogP contribution in [-0.2, 0) is 11.3 Å². The van der Waals surface area contributed by atoms with Gasteiger partial charge in [-0.05, 0) is 89.6 Å². The van der Waals surface area contributed by atoms with E-state index >= 15 is 0 Å². The van der Waals surface area contributed by atoms with E-state index in [4.69, 9.17) is 10.1 Å². The Labute approximate surface area is 304 Å². The average molecular weight is 688 g/mol. The molecule has 1 aromatic carbocycles. The average Bonchev–Trinajstić information content (AvgIpc) is 3.33. The van der Waals surface area contributed by atoms with Crippen LogP contribution >= 0.6 is 0 Å². The fourth-order valence-electron chi connectivity index (χ4n) is 4.93. The van der Waals surface area contributed by atoms with Crippen molar-refractivity contribution in [2.24, 2.45) is 4.99 Å². The van der Waals surface area contributed by atoms with Crippen molar-refractivity contribution in [3.63, 3.8) is 0 Å². The molecular formula is C42H65N5O3. The smallest absolute Gasteiger partial charge is 0.254 e. The van der Waals surface area contributed by atoms with E-state index in [1.54, 1.807) is 6.08 Å². The third-order valence-corrected chi connectivity index (χ3v) is 7.45.